The molecule has 4 rings (SSSR count). The number of hydrogen-bond acceptors (Lipinski definition) is 2. The summed E-state index contributed by atoms with van der Waals surface area (Å²) >= 11 is 0. The molecule has 0 aliphatic heterocycles. The molecule has 0 radical (unpaired) electrons. The van der Waals surface area contributed by atoms with E-state index in [0.717, 1.165) is 37.5 Å². The molecule has 2 heteroatoms. The zero-order valence-electron chi connectivity index (χ0n) is 14.7. The van der Waals surface area contributed by atoms with Crippen molar-refractivity contribution in [2.75, 3.05) is 0 Å². The van der Waals surface area contributed by atoms with Gasteiger partial charge in [-0.05, 0) is 92.3 Å². The lowest BCUT2D eigenvalue weighted by molar-refractivity contribution is -0.143. The van der Waals surface area contributed by atoms with Gasteiger partial charge in [0.2, 0.25) is 0 Å². The van der Waals surface area contributed by atoms with E-state index in [9.17, 15) is 10.2 Å². The number of aliphatic hydroxyl groups is 2. The van der Waals surface area contributed by atoms with E-state index in [0.29, 0.717) is 17.3 Å². The van der Waals surface area contributed by atoms with Crippen LogP contribution < -0.4 is 0 Å². The SMILES string of the molecule is C#C[C@@]1(O)CC[C@@]2(C)[C@@H](CC[C@@H]3[C@@H]2CC[C@]2(C)[C@@H](O)CC[C@@H]32)C1. The Hall–Kier alpha value is -0.520. The normalized spacial score (nSPS) is 58.7. The summed E-state index contributed by atoms with van der Waals surface area (Å²) in [5.74, 6) is 5.51. The van der Waals surface area contributed by atoms with Gasteiger partial charge in [0.05, 0.1) is 6.10 Å². The van der Waals surface area contributed by atoms with E-state index >= 15 is 0 Å². The summed E-state index contributed by atoms with van der Waals surface area (Å²) in [4.78, 5) is 0. The molecule has 8 atom stereocenters. The van der Waals surface area contributed by atoms with Gasteiger partial charge in [-0.25, -0.2) is 0 Å². The topological polar surface area (TPSA) is 40.5 Å². The predicted molar refractivity (Wildman–Crippen MR) is 91.5 cm³/mol. The van der Waals surface area contributed by atoms with Crippen molar-refractivity contribution < 1.29 is 10.2 Å². The van der Waals surface area contributed by atoms with Gasteiger partial charge in [-0.15, -0.1) is 6.42 Å². The van der Waals surface area contributed by atoms with E-state index in [4.69, 9.17) is 6.42 Å². The minimum absolute atomic E-state index is 0.0862. The minimum Gasteiger partial charge on any atom is -0.393 e. The van der Waals surface area contributed by atoms with Crippen molar-refractivity contribution in [3.63, 3.8) is 0 Å². The summed E-state index contributed by atoms with van der Waals surface area (Å²) < 4.78 is 0. The van der Waals surface area contributed by atoms with Gasteiger partial charge in [0.15, 0.2) is 0 Å². The number of hydrogen-bond donors (Lipinski definition) is 2. The lowest BCUT2D eigenvalue weighted by Gasteiger charge is -2.61. The van der Waals surface area contributed by atoms with E-state index in [2.05, 4.69) is 19.8 Å². The maximum absolute atomic E-state index is 10.6. The summed E-state index contributed by atoms with van der Waals surface area (Å²) in [5, 5.41) is 21.1. The van der Waals surface area contributed by atoms with E-state index in [1.807, 2.05) is 0 Å². The summed E-state index contributed by atoms with van der Waals surface area (Å²) in [6.45, 7) is 4.83. The predicted octanol–water partition coefficient (Wildman–Crippen LogP) is 3.75. The van der Waals surface area contributed by atoms with Gasteiger partial charge in [-0.2, -0.15) is 0 Å². The summed E-state index contributed by atoms with van der Waals surface area (Å²) in [7, 11) is 0. The minimum atomic E-state index is -0.857. The Balaban J connectivity index is 1.61. The third-order valence-corrected chi connectivity index (χ3v) is 8.95. The fraction of sp³-hybridized carbons (Fsp3) is 0.905. The maximum Gasteiger partial charge on any atom is 0.125 e. The molecule has 23 heavy (non-hydrogen) atoms. The van der Waals surface area contributed by atoms with Crippen molar-refractivity contribution in [2.45, 2.75) is 83.3 Å². The van der Waals surface area contributed by atoms with E-state index < -0.39 is 5.60 Å². The van der Waals surface area contributed by atoms with E-state index in [1.54, 1.807) is 0 Å². The standard InChI is InChI=1S/C21H32O2/c1-4-21(23)12-11-19(2)14(13-21)5-6-15-16-7-8-18(22)20(16,3)10-9-17(15)19/h1,14-18,22-23H,5-13H2,2-3H3/t14-,15-,16-,17-,18-,19-,20-,21+/m0/s1. The molecule has 4 aliphatic rings. The second-order valence-corrected chi connectivity index (χ2v) is 9.67. The van der Waals surface area contributed by atoms with Gasteiger partial charge in [-0.1, -0.05) is 19.8 Å². The molecule has 0 aromatic heterocycles. The van der Waals surface area contributed by atoms with Crippen molar-refractivity contribution in [1.82, 2.24) is 0 Å². The van der Waals surface area contributed by atoms with Crippen LogP contribution in [0.15, 0.2) is 0 Å². The number of fused-ring (bicyclic) bond motifs is 5. The number of aliphatic hydroxyl groups excluding tert-OH is 1. The number of rotatable bonds is 0. The molecular weight excluding hydrogens is 284 g/mol. The third-order valence-electron chi connectivity index (χ3n) is 8.95. The van der Waals surface area contributed by atoms with Crippen LogP contribution in [0.3, 0.4) is 0 Å². The highest BCUT2D eigenvalue weighted by atomic mass is 16.3. The Morgan fingerprint density at radius 2 is 1.65 bits per heavy atom. The average molecular weight is 316 g/mol. The molecule has 0 amide bonds. The van der Waals surface area contributed by atoms with Crippen molar-refractivity contribution in [3.05, 3.63) is 0 Å². The molecule has 0 spiro atoms. The molecule has 0 saturated heterocycles. The molecule has 2 N–H and O–H groups in total. The molecule has 0 aromatic carbocycles. The van der Waals surface area contributed by atoms with Crippen LogP contribution in [0.2, 0.25) is 0 Å². The van der Waals surface area contributed by atoms with Crippen LogP contribution in [-0.2, 0) is 0 Å². The van der Waals surface area contributed by atoms with Crippen LogP contribution in [0.4, 0.5) is 0 Å². The number of terminal acetylenes is 1. The van der Waals surface area contributed by atoms with Gasteiger partial charge >= 0.3 is 0 Å². The summed E-state index contributed by atoms with van der Waals surface area (Å²) in [6, 6.07) is 0. The average Bonchev–Trinajstić information content (AvgIpc) is 2.84. The van der Waals surface area contributed by atoms with Crippen molar-refractivity contribution in [2.24, 2.45) is 34.5 Å². The van der Waals surface area contributed by atoms with Crippen molar-refractivity contribution in [1.29, 1.82) is 0 Å². The van der Waals surface area contributed by atoms with Gasteiger partial charge in [0.1, 0.15) is 5.60 Å². The second-order valence-electron chi connectivity index (χ2n) is 9.67. The Morgan fingerprint density at radius 1 is 0.913 bits per heavy atom. The molecule has 128 valence electrons. The maximum atomic E-state index is 10.6. The van der Waals surface area contributed by atoms with Crippen LogP contribution in [0.1, 0.15) is 71.6 Å². The first kappa shape index (κ1) is 16.0. The highest BCUT2D eigenvalue weighted by Gasteiger charge is 2.60. The molecule has 4 fully saturated rings. The largest absolute Gasteiger partial charge is 0.393 e. The van der Waals surface area contributed by atoms with Crippen LogP contribution in [0.5, 0.6) is 0 Å². The van der Waals surface area contributed by atoms with Crippen molar-refractivity contribution in [3.8, 4) is 12.3 Å². The molecular formula is C21H32O2. The summed E-state index contributed by atoms with van der Waals surface area (Å²) in [6.07, 6.45) is 15.3. The molecule has 0 bridgehead atoms. The molecule has 0 heterocycles. The Morgan fingerprint density at radius 3 is 2.39 bits per heavy atom. The zero-order valence-corrected chi connectivity index (χ0v) is 14.7. The zero-order chi connectivity index (χ0) is 16.5. The lowest BCUT2D eigenvalue weighted by Crippen LogP contribution is -2.56. The first-order chi connectivity index (χ1) is 10.8. The Bertz CT molecular complexity index is 536. The lowest BCUT2D eigenvalue weighted by atomic mass is 9.44. The monoisotopic (exact) mass is 316 g/mol. The molecule has 4 aliphatic carbocycles. The first-order valence-corrected chi connectivity index (χ1v) is 9.71. The van der Waals surface area contributed by atoms with Crippen LogP contribution in [-0.4, -0.2) is 21.9 Å². The van der Waals surface area contributed by atoms with Gasteiger partial charge in [0.25, 0.3) is 0 Å². The Labute approximate surface area is 141 Å². The smallest absolute Gasteiger partial charge is 0.125 e. The second kappa shape index (κ2) is 4.99. The highest BCUT2D eigenvalue weighted by Crippen LogP contribution is 2.66. The van der Waals surface area contributed by atoms with Gasteiger partial charge in [0, 0.05) is 0 Å². The Kier molecular flexibility index (Phi) is 3.47. The van der Waals surface area contributed by atoms with Crippen LogP contribution in [0, 0.1) is 46.8 Å². The molecule has 0 unspecified atom stereocenters. The molecule has 4 saturated carbocycles. The van der Waals surface area contributed by atoms with Crippen molar-refractivity contribution >= 4 is 0 Å². The van der Waals surface area contributed by atoms with Gasteiger partial charge < -0.3 is 10.2 Å². The van der Waals surface area contributed by atoms with E-state index in [-0.39, 0.29) is 11.5 Å². The van der Waals surface area contributed by atoms with Crippen LogP contribution in [0.25, 0.3) is 0 Å². The summed E-state index contributed by atoms with van der Waals surface area (Å²) in [5.41, 5.74) is -0.344. The van der Waals surface area contributed by atoms with Gasteiger partial charge in [-0.3, -0.25) is 0 Å². The first-order valence-electron chi connectivity index (χ1n) is 9.71. The quantitative estimate of drug-likeness (QED) is 0.668. The van der Waals surface area contributed by atoms with E-state index in [1.165, 1.54) is 32.1 Å². The third kappa shape index (κ3) is 2.09. The van der Waals surface area contributed by atoms with Crippen LogP contribution >= 0.6 is 0 Å². The molecule has 2 nitrogen and oxygen atoms in total. The molecule has 0 aromatic rings. The fourth-order valence-corrected chi connectivity index (χ4v) is 7.35. The fourth-order valence-electron chi connectivity index (χ4n) is 7.35. The highest BCUT2D eigenvalue weighted by molar-refractivity contribution is 5.16.